The molecule has 3 N–H and O–H groups in total. The van der Waals surface area contributed by atoms with E-state index in [-0.39, 0.29) is 13.0 Å². The molecule has 1 aromatic heterocycles. The van der Waals surface area contributed by atoms with E-state index in [1.165, 1.54) is 0 Å². The highest BCUT2D eigenvalue weighted by Crippen LogP contribution is 2.26. The van der Waals surface area contributed by atoms with E-state index in [4.69, 9.17) is 9.47 Å². The minimum Gasteiger partial charge on any atom is -0.445 e. The average Bonchev–Trinajstić information content (AvgIpc) is 2.93. The predicted octanol–water partition coefficient (Wildman–Crippen LogP) is 0.389. The van der Waals surface area contributed by atoms with Gasteiger partial charge in [-0.1, -0.05) is 18.2 Å². The number of aromatic nitrogens is 2. The van der Waals surface area contributed by atoms with Crippen LogP contribution in [0.1, 0.15) is 12.1 Å². The fourth-order valence-electron chi connectivity index (χ4n) is 2.56. The summed E-state index contributed by atoms with van der Waals surface area (Å²) in [6.07, 6.45) is -3.70. The van der Waals surface area contributed by atoms with Crippen LogP contribution >= 0.6 is 0 Å². The van der Waals surface area contributed by atoms with Gasteiger partial charge in [-0.2, -0.15) is 5.10 Å². The summed E-state index contributed by atoms with van der Waals surface area (Å²) in [6, 6.07) is 11.1. The molecular formula is C16H20N2O5. The third-order valence-electron chi connectivity index (χ3n) is 3.74. The van der Waals surface area contributed by atoms with E-state index in [0.29, 0.717) is 5.88 Å². The first-order chi connectivity index (χ1) is 11.1. The van der Waals surface area contributed by atoms with Crippen molar-refractivity contribution in [3.63, 3.8) is 0 Å². The van der Waals surface area contributed by atoms with Gasteiger partial charge in [-0.25, -0.2) is 4.68 Å². The lowest BCUT2D eigenvalue weighted by Crippen LogP contribution is -2.51. The fourth-order valence-corrected chi connectivity index (χ4v) is 2.56. The summed E-state index contributed by atoms with van der Waals surface area (Å²) in [5.41, 5.74) is 1.55. The third-order valence-corrected chi connectivity index (χ3v) is 3.74. The van der Waals surface area contributed by atoms with E-state index in [2.05, 4.69) is 5.10 Å². The van der Waals surface area contributed by atoms with Crippen molar-refractivity contribution in [2.45, 2.75) is 37.9 Å². The van der Waals surface area contributed by atoms with Gasteiger partial charge in [0.15, 0.2) is 0 Å². The van der Waals surface area contributed by atoms with Crippen LogP contribution in [0.3, 0.4) is 0 Å². The summed E-state index contributed by atoms with van der Waals surface area (Å²) in [5.74, 6) is 0.392. The quantitative estimate of drug-likeness (QED) is 0.754. The SMILES string of the molecule is Cc1cc(OC2OC(CO)CC(O)C2O)n(-c2ccccc2)n1. The fraction of sp³-hybridized carbons (Fsp3) is 0.438. The molecule has 7 heteroatoms. The van der Waals surface area contributed by atoms with Crippen molar-refractivity contribution in [3.8, 4) is 11.6 Å². The minimum atomic E-state index is -1.20. The normalized spacial score (nSPS) is 27.8. The lowest BCUT2D eigenvalue weighted by Gasteiger charge is -2.36. The van der Waals surface area contributed by atoms with Gasteiger partial charge in [0.05, 0.1) is 30.2 Å². The van der Waals surface area contributed by atoms with Crippen LogP contribution in [0.25, 0.3) is 5.69 Å². The molecule has 2 heterocycles. The number of rotatable bonds is 4. The number of ether oxygens (including phenoxy) is 2. The third kappa shape index (κ3) is 3.37. The topological polar surface area (TPSA) is 97.0 Å². The molecule has 0 amide bonds. The zero-order valence-electron chi connectivity index (χ0n) is 12.7. The van der Waals surface area contributed by atoms with Crippen molar-refractivity contribution >= 4 is 0 Å². The number of aryl methyl sites for hydroxylation is 1. The Balaban J connectivity index is 1.85. The Morgan fingerprint density at radius 2 is 2.04 bits per heavy atom. The Morgan fingerprint density at radius 1 is 1.30 bits per heavy atom. The van der Waals surface area contributed by atoms with Crippen molar-refractivity contribution in [1.82, 2.24) is 9.78 Å². The van der Waals surface area contributed by atoms with Crippen molar-refractivity contribution in [2.24, 2.45) is 0 Å². The molecule has 23 heavy (non-hydrogen) atoms. The van der Waals surface area contributed by atoms with Gasteiger partial charge in [0.25, 0.3) is 0 Å². The van der Waals surface area contributed by atoms with E-state index < -0.39 is 24.6 Å². The highest BCUT2D eigenvalue weighted by Gasteiger charge is 2.38. The van der Waals surface area contributed by atoms with E-state index in [9.17, 15) is 15.3 Å². The molecule has 124 valence electrons. The molecule has 1 aromatic carbocycles. The summed E-state index contributed by atoms with van der Waals surface area (Å²) in [4.78, 5) is 0. The van der Waals surface area contributed by atoms with Crippen molar-refractivity contribution in [2.75, 3.05) is 6.61 Å². The molecular weight excluding hydrogens is 300 g/mol. The molecule has 3 rings (SSSR count). The Bertz CT molecular complexity index is 645. The van der Waals surface area contributed by atoms with E-state index in [1.54, 1.807) is 10.7 Å². The average molecular weight is 320 g/mol. The zero-order valence-corrected chi connectivity index (χ0v) is 12.7. The molecule has 4 unspecified atom stereocenters. The van der Waals surface area contributed by atoms with Gasteiger partial charge in [-0.05, 0) is 19.1 Å². The van der Waals surface area contributed by atoms with Gasteiger partial charge in [-0.3, -0.25) is 0 Å². The molecule has 1 aliphatic heterocycles. The van der Waals surface area contributed by atoms with Gasteiger partial charge >= 0.3 is 0 Å². The predicted molar refractivity (Wildman–Crippen MR) is 81.3 cm³/mol. The maximum Gasteiger partial charge on any atom is 0.230 e. The summed E-state index contributed by atoms with van der Waals surface area (Å²) < 4.78 is 12.8. The molecule has 1 saturated heterocycles. The molecule has 0 radical (unpaired) electrons. The minimum absolute atomic E-state index is 0.161. The van der Waals surface area contributed by atoms with Gasteiger partial charge in [0.2, 0.25) is 12.2 Å². The van der Waals surface area contributed by atoms with Crippen LogP contribution in [0.15, 0.2) is 36.4 Å². The Labute approximate surface area is 133 Å². The molecule has 0 bridgehead atoms. The second-order valence-electron chi connectivity index (χ2n) is 5.59. The number of nitrogens with zero attached hydrogens (tertiary/aromatic N) is 2. The Hall–Kier alpha value is -1.93. The van der Waals surface area contributed by atoms with Crippen molar-refractivity contribution in [3.05, 3.63) is 42.1 Å². The molecule has 1 fully saturated rings. The van der Waals surface area contributed by atoms with Crippen LogP contribution in [0.5, 0.6) is 5.88 Å². The molecule has 1 aliphatic rings. The Morgan fingerprint density at radius 3 is 2.74 bits per heavy atom. The van der Waals surface area contributed by atoms with Gasteiger partial charge < -0.3 is 24.8 Å². The molecule has 4 atom stereocenters. The van der Waals surface area contributed by atoms with E-state index >= 15 is 0 Å². The largest absolute Gasteiger partial charge is 0.445 e. The van der Waals surface area contributed by atoms with Crippen LogP contribution in [0, 0.1) is 6.92 Å². The number of aliphatic hydroxyl groups is 3. The Kier molecular flexibility index (Phi) is 4.63. The lowest BCUT2D eigenvalue weighted by molar-refractivity contribution is -0.242. The molecule has 0 saturated carbocycles. The van der Waals surface area contributed by atoms with Crippen LogP contribution in [-0.4, -0.2) is 56.3 Å². The molecule has 0 spiro atoms. The molecule has 2 aromatic rings. The number of hydrogen-bond acceptors (Lipinski definition) is 6. The second kappa shape index (κ2) is 6.67. The number of para-hydroxylation sites is 1. The number of aliphatic hydroxyl groups excluding tert-OH is 3. The maximum absolute atomic E-state index is 10.1. The first-order valence-electron chi connectivity index (χ1n) is 7.49. The second-order valence-corrected chi connectivity index (χ2v) is 5.59. The van der Waals surface area contributed by atoms with Crippen molar-refractivity contribution in [1.29, 1.82) is 0 Å². The van der Waals surface area contributed by atoms with Crippen LogP contribution < -0.4 is 4.74 Å². The smallest absolute Gasteiger partial charge is 0.230 e. The lowest BCUT2D eigenvalue weighted by atomic mass is 10.0. The number of hydrogen-bond donors (Lipinski definition) is 3. The summed E-state index contributed by atoms with van der Waals surface area (Å²) in [6.45, 7) is 1.58. The molecule has 0 aliphatic carbocycles. The van der Waals surface area contributed by atoms with Crippen LogP contribution in [-0.2, 0) is 4.74 Å². The van der Waals surface area contributed by atoms with E-state index in [1.807, 2.05) is 37.3 Å². The van der Waals surface area contributed by atoms with Gasteiger partial charge in [0.1, 0.15) is 6.10 Å². The number of benzene rings is 1. The summed E-state index contributed by atoms with van der Waals surface area (Å²) >= 11 is 0. The standard InChI is InChI=1S/C16H20N2O5/c1-10-7-14(18(17-10)11-5-3-2-4-6-11)23-16-15(21)13(20)8-12(9-19)22-16/h2-7,12-13,15-16,19-21H,8-9H2,1H3. The first-order valence-corrected chi connectivity index (χ1v) is 7.49. The van der Waals surface area contributed by atoms with Gasteiger partial charge in [0, 0.05) is 12.5 Å². The molecule has 7 nitrogen and oxygen atoms in total. The first kappa shape index (κ1) is 15.9. The highest BCUT2D eigenvalue weighted by molar-refractivity contribution is 5.35. The van der Waals surface area contributed by atoms with E-state index in [0.717, 1.165) is 11.4 Å². The monoisotopic (exact) mass is 320 g/mol. The van der Waals surface area contributed by atoms with Crippen LogP contribution in [0.2, 0.25) is 0 Å². The zero-order chi connectivity index (χ0) is 16.4. The highest BCUT2D eigenvalue weighted by atomic mass is 16.7. The van der Waals surface area contributed by atoms with Crippen LogP contribution in [0.4, 0.5) is 0 Å². The van der Waals surface area contributed by atoms with Crippen molar-refractivity contribution < 1.29 is 24.8 Å². The summed E-state index contributed by atoms with van der Waals surface area (Å²) in [7, 11) is 0. The summed E-state index contributed by atoms with van der Waals surface area (Å²) in [5, 5.41) is 33.5. The maximum atomic E-state index is 10.1. The van der Waals surface area contributed by atoms with Gasteiger partial charge in [-0.15, -0.1) is 0 Å².